The number of aliphatic hydroxyl groups is 1. The average Bonchev–Trinajstić information content (AvgIpc) is 3.24. The normalized spacial score (nSPS) is 14.2. The highest BCUT2D eigenvalue weighted by Crippen LogP contribution is 2.43. The number of rotatable bonds is 50. The zero-order valence-corrected chi connectivity index (χ0v) is 43.5. The first-order chi connectivity index (χ1) is 30.5. The van der Waals surface area contributed by atoms with Crippen LogP contribution in [0.25, 0.3) is 0 Å². The van der Waals surface area contributed by atoms with Crippen LogP contribution in [0.1, 0.15) is 264 Å². The number of nitrogens with one attached hydrogen (secondary N) is 1. The van der Waals surface area contributed by atoms with E-state index in [4.69, 9.17) is 9.05 Å². The Bertz CT molecular complexity index is 1080. The van der Waals surface area contributed by atoms with Crippen LogP contribution in [-0.4, -0.2) is 73.4 Å². The van der Waals surface area contributed by atoms with Crippen molar-refractivity contribution >= 4 is 13.7 Å². The SMILES string of the molecule is CCCCCCCCCCC/C=C\CCCCCCCC(=O)NC(COP(=O)(O)OCC[N+](C)(C)C)C(O)/C=C/CCCCCCCCCCCCCCCCCCCCCCC. The standard InChI is InChI=1S/C54H107N2O6P/c1-6-8-10-12-14-16-18-20-22-24-26-27-28-29-30-31-33-35-37-39-41-43-45-47-53(57)52(51-62-63(59,60)61-50-49-56(3,4)5)55-54(58)48-46-44-42-40-38-36-34-32-25-23-21-19-17-15-13-11-9-7-2/h32,34,45,47,52-53,57H,6-31,33,35-44,46,48-51H2,1-5H3,(H-,55,58,59,60)/p+1/b34-32-,47-45+. The average molecular weight is 912 g/mol. The lowest BCUT2D eigenvalue weighted by molar-refractivity contribution is -0.870. The number of allylic oxidation sites excluding steroid dienone is 3. The summed E-state index contributed by atoms with van der Waals surface area (Å²) in [7, 11) is 1.58. The summed E-state index contributed by atoms with van der Waals surface area (Å²) in [6, 6.07) is -0.849. The number of unbranched alkanes of at least 4 members (excludes halogenated alkanes) is 35. The lowest BCUT2D eigenvalue weighted by Gasteiger charge is -2.25. The quantitative estimate of drug-likeness (QED) is 0.0243. The molecular weight excluding hydrogens is 804 g/mol. The summed E-state index contributed by atoms with van der Waals surface area (Å²) in [5.41, 5.74) is 0. The predicted octanol–water partition coefficient (Wildman–Crippen LogP) is 16.0. The van der Waals surface area contributed by atoms with Crippen LogP contribution in [0.15, 0.2) is 24.3 Å². The number of carbonyl (C=O) groups excluding carboxylic acids is 1. The van der Waals surface area contributed by atoms with Crippen LogP contribution in [0, 0.1) is 0 Å². The summed E-state index contributed by atoms with van der Waals surface area (Å²) in [4.78, 5) is 23.2. The minimum atomic E-state index is -4.34. The largest absolute Gasteiger partial charge is 0.472 e. The number of likely N-dealkylation sites (N-methyl/N-ethyl adjacent to an activating group) is 1. The molecule has 0 aliphatic carbocycles. The van der Waals surface area contributed by atoms with Crippen LogP contribution in [0.3, 0.4) is 0 Å². The number of quaternary nitrogens is 1. The first-order valence-corrected chi connectivity index (χ1v) is 28.7. The van der Waals surface area contributed by atoms with Gasteiger partial charge in [-0.25, -0.2) is 4.57 Å². The molecule has 0 spiro atoms. The molecule has 63 heavy (non-hydrogen) atoms. The smallest absolute Gasteiger partial charge is 0.387 e. The number of phosphoric acid groups is 1. The molecule has 0 radical (unpaired) electrons. The zero-order chi connectivity index (χ0) is 46.4. The summed E-state index contributed by atoms with van der Waals surface area (Å²) in [6.45, 7) is 4.84. The molecule has 8 nitrogen and oxygen atoms in total. The molecule has 1 amide bonds. The molecule has 0 aliphatic heterocycles. The summed E-state index contributed by atoms with van der Waals surface area (Å²) in [5.74, 6) is -0.182. The van der Waals surface area contributed by atoms with Crippen molar-refractivity contribution in [3.05, 3.63) is 24.3 Å². The first kappa shape index (κ1) is 62.0. The summed E-state index contributed by atoms with van der Waals surface area (Å²) < 4.78 is 23.7. The molecule has 3 N–H and O–H groups in total. The van der Waals surface area contributed by atoms with E-state index < -0.39 is 20.0 Å². The van der Waals surface area contributed by atoms with E-state index in [2.05, 4.69) is 31.3 Å². The highest BCUT2D eigenvalue weighted by molar-refractivity contribution is 7.47. The Morgan fingerprint density at radius 2 is 0.857 bits per heavy atom. The second-order valence-electron chi connectivity index (χ2n) is 20.0. The van der Waals surface area contributed by atoms with Crippen molar-refractivity contribution in [2.45, 2.75) is 276 Å². The van der Waals surface area contributed by atoms with Crippen molar-refractivity contribution in [2.24, 2.45) is 0 Å². The molecule has 0 rings (SSSR count). The Kier molecular flexibility index (Phi) is 45.4. The van der Waals surface area contributed by atoms with Gasteiger partial charge in [-0.2, -0.15) is 0 Å². The van der Waals surface area contributed by atoms with Crippen molar-refractivity contribution < 1.29 is 32.9 Å². The first-order valence-electron chi connectivity index (χ1n) is 27.2. The van der Waals surface area contributed by atoms with Gasteiger partial charge in [-0.1, -0.05) is 237 Å². The number of nitrogens with zero attached hydrogens (tertiary/aromatic N) is 1. The van der Waals surface area contributed by atoms with E-state index in [-0.39, 0.29) is 19.1 Å². The highest BCUT2D eigenvalue weighted by atomic mass is 31.2. The minimum absolute atomic E-state index is 0.0614. The van der Waals surface area contributed by atoms with Crippen molar-refractivity contribution in [2.75, 3.05) is 40.9 Å². The van der Waals surface area contributed by atoms with Crippen LogP contribution in [-0.2, 0) is 18.4 Å². The van der Waals surface area contributed by atoms with Gasteiger partial charge in [-0.15, -0.1) is 0 Å². The van der Waals surface area contributed by atoms with Gasteiger partial charge in [0.2, 0.25) is 5.91 Å². The fraction of sp³-hybridized carbons (Fsp3) is 0.907. The van der Waals surface area contributed by atoms with Crippen molar-refractivity contribution in [1.82, 2.24) is 5.32 Å². The lowest BCUT2D eigenvalue weighted by Crippen LogP contribution is -2.45. The Labute approximate surface area is 392 Å². The summed E-state index contributed by atoms with van der Waals surface area (Å²) >= 11 is 0. The van der Waals surface area contributed by atoms with Crippen molar-refractivity contribution in [1.29, 1.82) is 0 Å². The minimum Gasteiger partial charge on any atom is -0.387 e. The van der Waals surface area contributed by atoms with E-state index in [1.807, 2.05) is 27.2 Å². The van der Waals surface area contributed by atoms with Gasteiger partial charge < -0.3 is 19.8 Å². The maximum atomic E-state index is 12.9. The Hall–Kier alpha value is -1.02. The Morgan fingerprint density at radius 3 is 1.22 bits per heavy atom. The van der Waals surface area contributed by atoms with Gasteiger partial charge in [-0.3, -0.25) is 13.8 Å². The number of aliphatic hydroxyl groups excluding tert-OH is 1. The van der Waals surface area contributed by atoms with Gasteiger partial charge in [0.05, 0.1) is 39.9 Å². The topological polar surface area (TPSA) is 105 Å². The van der Waals surface area contributed by atoms with Gasteiger partial charge in [0.25, 0.3) is 0 Å². The van der Waals surface area contributed by atoms with Gasteiger partial charge in [0.15, 0.2) is 0 Å². The maximum absolute atomic E-state index is 12.9. The van der Waals surface area contributed by atoms with Crippen molar-refractivity contribution in [3.63, 3.8) is 0 Å². The number of hydrogen-bond acceptors (Lipinski definition) is 5. The molecule has 9 heteroatoms. The van der Waals surface area contributed by atoms with Crippen LogP contribution >= 0.6 is 7.82 Å². The predicted molar refractivity (Wildman–Crippen MR) is 272 cm³/mol. The summed E-state index contributed by atoms with van der Waals surface area (Å²) in [5, 5.41) is 13.9. The molecule has 0 saturated carbocycles. The molecule has 0 aliphatic rings. The second kappa shape index (κ2) is 46.1. The molecule has 0 aromatic heterocycles. The molecule has 3 unspecified atom stereocenters. The molecular formula is C54H108N2O6P+. The third-order valence-electron chi connectivity index (χ3n) is 12.4. The van der Waals surface area contributed by atoms with Gasteiger partial charge >= 0.3 is 7.82 Å². The van der Waals surface area contributed by atoms with Crippen LogP contribution in [0.4, 0.5) is 0 Å². The fourth-order valence-electron chi connectivity index (χ4n) is 8.10. The highest BCUT2D eigenvalue weighted by Gasteiger charge is 2.27. The summed E-state index contributed by atoms with van der Waals surface area (Å²) in [6.07, 6.45) is 56.9. The van der Waals surface area contributed by atoms with Gasteiger partial charge in [-0.05, 0) is 44.9 Å². The zero-order valence-electron chi connectivity index (χ0n) is 42.6. The Balaban J connectivity index is 4.26. The van der Waals surface area contributed by atoms with E-state index in [0.717, 1.165) is 51.4 Å². The molecule has 0 fully saturated rings. The monoisotopic (exact) mass is 912 g/mol. The third kappa shape index (κ3) is 48.7. The number of hydrogen-bond donors (Lipinski definition) is 3. The molecule has 0 aromatic carbocycles. The van der Waals surface area contributed by atoms with Crippen LogP contribution < -0.4 is 5.32 Å². The van der Waals surface area contributed by atoms with E-state index in [1.165, 1.54) is 193 Å². The molecule has 374 valence electrons. The molecule has 3 atom stereocenters. The lowest BCUT2D eigenvalue weighted by atomic mass is 10.0. The number of amides is 1. The van der Waals surface area contributed by atoms with Gasteiger partial charge in [0.1, 0.15) is 13.2 Å². The maximum Gasteiger partial charge on any atom is 0.472 e. The van der Waals surface area contributed by atoms with Crippen LogP contribution in [0.2, 0.25) is 0 Å². The van der Waals surface area contributed by atoms with Crippen LogP contribution in [0.5, 0.6) is 0 Å². The second-order valence-corrected chi connectivity index (χ2v) is 21.4. The van der Waals surface area contributed by atoms with E-state index in [0.29, 0.717) is 17.4 Å². The van der Waals surface area contributed by atoms with Crippen molar-refractivity contribution in [3.8, 4) is 0 Å². The fourth-order valence-corrected chi connectivity index (χ4v) is 8.83. The van der Waals surface area contributed by atoms with E-state index in [1.54, 1.807) is 6.08 Å². The molecule has 0 saturated heterocycles. The number of carbonyl (C=O) groups is 1. The van der Waals surface area contributed by atoms with E-state index >= 15 is 0 Å². The van der Waals surface area contributed by atoms with E-state index in [9.17, 15) is 19.4 Å². The molecule has 0 bridgehead atoms. The van der Waals surface area contributed by atoms with Gasteiger partial charge in [0, 0.05) is 6.42 Å². The number of phosphoric ester groups is 1. The third-order valence-corrected chi connectivity index (χ3v) is 13.4. The molecule has 0 heterocycles. The molecule has 0 aromatic rings. The Morgan fingerprint density at radius 1 is 0.524 bits per heavy atom.